The van der Waals surface area contributed by atoms with E-state index in [1.54, 1.807) is 0 Å². The van der Waals surface area contributed by atoms with Crippen LogP contribution >= 0.6 is 12.6 Å². The van der Waals surface area contributed by atoms with Gasteiger partial charge in [-0.25, -0.2) is 0 Å². The first-order chi connectivity index (χ1) is 6.76. The molecule has 0 amide bonds. The Morgan fingerprint density at radius 1 is 1.36 bits per heavy atom. The lowest BCUT2D eigenvalue weighted by Crippen LogP contribution is -2.44. The molecule has 0 bridgehead atoms. The van der Waals surface area contributed by atoms with Crippen LogP contribution in [0.4, 0.5) is 0 Å². The Bertz CT molecular complexity index is 148. The molecule has 0 aromatic carbocycles. The van der Waals surface area contributed by atoms with Crippen LogP contribution in [0.25, 0.3) is 0 Å². The molecule has 0 aromatic rings. The van der Waals surface area contributed by atoms with Crippen LogP contribution in [0.3, 0.4) is 0 Å². The lowest BCUT2D eigenvalue weighted by atomic mass is 9.70. The van der Waals surface area contributed by atoms with E-state index in [0.717, 1.165) is 25.4 Å². The van der Waals surface area contributed by atoms with Gasteiger partial charge in [-0.2, -0.15) is 12.6 Å². The standard InChI is InChI=1S/C11H23NOS/c1-2-6-12(7-8-13)9-11(10-14)4-3-5-11/h13-14H,2-10H2,1H3. The second-order valence-corrected chi connectivity index (χ2v) is 4.83. The molecule has 1 aliphatic rings. The van der Waals surface area contributed by atoms with Gasteiger partial charge in [0.15, 0.2) is 0 Å². The molecule has 0 unspecified atom stereocenters. The number of nitrogens with zero attached hydrogens (tertiary/aromatic N) is 1. The van der Waals surface area contributed by atoms with Crippen molar-refractivity contribution in [2.75, 3.05) is 32.0 Å². The minimum atomic E-state index is 0.280. The first-order valence-corrected chi connectivity index (χ1v) is 6.33. The normalized spacial score (nSPS) is 19.7. The van der Waals surface area contributed by atoms with Crippen LogP contribution in [-0.2, 0) is 0 Å². The van der Waals surface area contributed by atoms with Crippen molar-refractivity contribution in [3.63, 3.8) is 0 Å². The fourth-order valence-corrected chi connectivity index (χ4v) is 2.66. The predicted molar refractivity (Wildman–Crippen MR) is 64.0 cm³/mol. The quantitative estimate of drug-likeness (QED) is 0.635. The van der Waals surface area contributed by atoms with Crippen LogP contribution in [0, 0.1) is 5.41 Å². The summed E-state index contributed by atoms with van der Waals surface area (Å²) < 4.78 is 0. The van der Waals surface area contributed by atoms with Crippen molar-refractivity contribution in [1.29, 1.82) is 0 Å². The number of rotatable bonds is 7. The molecule has 0 radical (unpaired) electrons. The highest BCUT2D eigenvalue weighted by Gasteiger charge is 2.36. The summed E-state index contributed by atoms with van der Waals surface area (Å²) in [6.07, 6.45) is 5.17. The minimum absolute atomic E-state index is 0.280. The third kappa shape index (κ3) is 3.14. The monoisotopic (exact) mass is 217 g/mol. The Morgan fingerprint density at radius 3 is 2.43 bits per heavy atom. The van der Waals surface area contributed by atoms with Crippen LogP contribution in [0.5, 0.6) is 0 Å². The Labute approximate surface area is 93.1 Å². The van der Waals surface area contributed by atoms with Crippen molar-refractivity contribution in [2.24, 2.45) is 5.41 Å². The van der Waals surface area contributed by atoms with Crippen LogP contribution in [0.2, 0.25) is 0 Å². The Hall–Kier alpha value is 0.270. The number of thiol groups is 1. The SMILES string of the molecule is CCCN(CCO)CC1(CS)CCC1. The first kappa shape index (κ1) is 12.3. The first-order valence-electron chi connectivity index (χ1n) is 5.70. The van der Waals surface area contributed by atoms with E-state index in [4.69, 9.17) is 5.11 Å². The third-order valence-electron chi connectivity index (χ3n) is 3.26. The molecule has 84 valence electrons. The van der Waals surface area contributed by atoms with Gasteiger partial charge in [0.25, 0.3) is 0 Å². The van der Waals surface area contributed by atoms with Gasteiger partial charge in [-0.1, -0.05) is 13.3 Å². The number of hydrogen-bond donors (Lipinski definition) is 2. The van der Waals surface area contributed by atoms with E-state index < -0.39 is 0 Å². The summed E-state index contributed by atoms with van der Waals surface area (Å²) in [5.74, 6) is 0.999. The minimum Gasteiger partial charge on any atom is -0.395 e. The van der Waals surface area contributed by atoms with Gasteiger partial charge in [0.05, 0.1) is 6.61 Å². The summed E-state index contributed by atoms with van der Waals surface area (Å²) >= 11 is 4.45. The summed E-state index contributed by atoms with van der Waals surface area (Å²) in [6, 6.07) is 0. The van der Waals surface area contributed by atoms with Crippen molar-refractivity contribution < 1.29 is 5.11 Å². The molecule has 1 N–H and O–H groups in total. The van der Waals surface area contributed by atoms with Gasteiger partial charge in [-0.15, -0.1) is 0 Å². The van der Waals surface area contributed by atoms with Gasteiger partial charge in [0.1, 0.15) is 0 Å². The average molecular weight is 217 g/mol. The Morgan fingerprint density at radius 2 is 2.07 bits per heavy atom. The molecule has 0 aromatic heterocycles. The zero-order valence-electron chi connectivity index (χ0n) is 9.21. The average Bonchev–Trinajstić information content (AvgIpc) is 2.12. The number of aliphatic hydroxyl groups excluding tert-OH is 1. The van der Waals surface area contributed by atoms with Gasteiger partial charge in [0, 0.05) is 13.1 Å². The summed E-state index contributed by atoms with van der Waals surface area (Å²) in [5.41, 5.74) is 0.466. The summed E-state index contributed by atoms with van der Waals surface area (Å²) in [7, 11) is 0. The second kappa shape index (κ2) is 5.99. The number of aliphatic hydroxyl groups is 1. The maximum absolute atomic E-state index is 8.96. The molecular formula is C11H23NOS. The van der Waals surface area contributed by atoms with E-state index >= 15 is 0 Å². The fraction of sp³-hybridized carbons (Fsp3) is 1.00. The molecular weight excluding hydrogens is 194 g/mol. The van der Waals surface area contributed by atoms with E-state index in [2.05, 4.69) is 24.5 Å². The number of hydrogen-bond acceptors (Lipinski definition) is 3. The predicted octanol–water partition coefficient (Wildman–Crippen LogP) is 1.79. The van der Waals surface area contributed by atoms with Gasteiger partial charge < -0.3 is 10.0 Å². The van der Waals surface area contributed by atoms with Crippen molar-refractivity contribution in [3.05, 3.63) is 0 Å². The summed E-state index contributed by atoms with van der Waals surface area (Å²) in [5, 5.41) is 8.96. The molecule has 1 aliphatic carbocycles. The van der Waals surface area contributed by atoms with Gasteiger partial charge in [-0.3, -0.25) is 0 Å². The van der Waals surface area contributed by atoms with Crippen LogP contribution in [-0.4, -0.2) is 42.0 Å². The smallest absolute Gasteiger partial charge is 0.0558 e. The van der Waals surface area contributed by atoms with E-state index in [1.165, 1.54) is 25.7 Å². The molecule has 14 heavy (non-hydrogen) atoms. The lowest BCUT2D eigenvalue weighted by Gasteiger charge is -2.44. The Balaban J connectivity index is 2.36. The highest BCUT2D eigenvalue weighted by atomic mass is 32.1. The molecule has 0 atom stereocenters. The van der Waals surface area contributed by atoms with E-state index in [9.17, 15) is 0 Å². The molecule has 0 heterocycles. The van der Waals surface area contributed by atoms with Gasteiger partial charge in [-0.05, 0) is 37.0 Å². The van der Waals surface area contributed by atoms with Crippen LogP contribution < -0.4 is 0 Å². The molecule has 0 saturated heterocycles. The van der Waals surface area contributed by atoms with Crippen LogP contribution in [0.15, 0.2) is 0 Å². The van der Waals surface area contributed by atoms with Crippen molar-refractivity contribution in [2.45, 2.75) is 32.6 Å². The maximum Gasteiger partial charge on any atom is 0.0558 e. The molecule has 1 fully saturated rings. The highest BCUT2D eigenvalue weighted by molar-refractivity contribution is 7.80. The van der Waals surface area contributed by atoms with E-state index in [-0.39, 0.29) is 6.61 Å². The van der Waals surface area contributed by atoms with Gasteiger partial charge >= 0.3 is 0 Å². The lowest BCUT2D eigenvalue weighted by molar-refractivity contribution is 0.0785. The molecule has 3 heteroatoms. The third-order valence-corrected chi connectivity index (χ3v) is 3.94. The van der Waals surface area contributed by atoms with Crippen LogP contribution in [0.1, 0.15) is 32.6 Å². The summed E-state index contributed by atoms with van der Waals surface area (Å²) in [4.78, 5) is 2.38. The van der Waals surface area contributed by atoms with Crippen molar-refractivity contribution >= 4 is 12.6 Å². The zero-order valence-corrected chi connectivity index (χ0v) is 10.1. The maximum atomic E-state index is 8.96. The topological polar surface area (TPSA) is 23.5 Å². The molecule has 1 saturated carbocycles. The molecule has 2 nitrogen and oxygen atoms in total. The van der Waals surface area contributed by atoms with E-state index in [1.807, 2.05) is 0 Å². The molecule has 1 rings (SSSR count). The Kier molecular flexibility index (Phi) is 5.28. The summed E-state index contributed by atoms with van der Waals surface area (Å²) in [6.45, 7) is 5.53. The van der Waals surface area contributed by atoms with Crippen molar-refractivity contribution in [1.82, 2.24) is 4.90 Å². The highest BCUT2D eigenvalue weighted by Crippen LogP contribution is 2.42. The zero-order chi connectivity index (χ0) is 10.4. The fourth-order valence-electron chi connectivity index (χ4n) is 2.24. The largest absolute Gasteiger partial charge is 0.395 e. The van der Waals surface area contributed by atoms with E-state index in [0.29, 0.717) is 5.41 Å². The molecule has 0 aliphatic heterocycles. The molecule has 0 spiro atoms. The van der Waals surface area contributed by atoms with Crippen molar-refractivity contribution in [3.8, 4) is 0 Å². The second-order valence-electron chi connectivity index (χ2n) is 4.51. The van der Waals surface area contributed by atoms with Gasteiger partial charge in [0.2, 0.25) is 0 Å².